The highest BCUT2D eigenvalue weighted by Crippen LogP contribution is 2.20. The minimum atomic E-state index is 0.158. The molecular formula is C13H20N2OS. The number of carbonyl (C=O) groups is 1. The number of aryl methyl sites for hydroxylation is 2. The van der Waals surface area contributed by atoms with Crippen LogP contribution in [0.4, 0.5) is 0 Å². The van der Waals surface area contributed by atoms with Crippen molar-refractivity contribution in [2.45, 2.75) is 33.2 Å². The number of hydrogen-bond acceptors (Lipinski definition) is 3. The first-order valence-electron chi connectivity index (χ1n) is 6.21. The molecule has 94 valence electrons. The lowest BCUT2D eigenvalue weighted by atomic mass is 9.99. The van der Waals surface area contributed by atoms with Crippen molar-refractivity contribution in [3.05, 3.63) is 21.4 Å². The maximum Gasteiger partial charge on any atom is 0.224 e. The van der Waals surface area contributed by atoms with Crippen LogP contribution < -0.4 is 10.6 Å². The summed E-state index contributed by atoms with van der Waals surface area (Å²) < 4.78 is 0. The Labute approximate surface area is 107 Å². The normalized spacial score (nSPS) is 20.2. The summed E-state index contributed by atoms with van der Waals surface area (Å²) in [6.07, 6.45) is 2.12. The van der Waals surface area contributed by atoms with Gasteiger partial charge in [-0.3, -0.25) is 4.79 Å². The van der Waals surface area contributed by atoms with E-state index in [2.05, 4.69) is 30.5 Å². The number of amides is 1. The fourth-order valence-corrected chi connectivity index (χ4v) is 3.12. The van der Waals surface area contributed by atoms with E-state index in [1.165, 1.54) is 15.3 Å². The molecule has 1 aromatic heterocycles. The number of rotatable bonds is 3. The maximum absolute atomic E-state index is 11.9. The zero-order valence-corrected chi connectivity index (χ0v) is 11.3. The second kappa shape index (κ2) is 5.65. The number of carbonyl (C=O) groups excluding carboxylic acids is 1. The van der Waals surface area contributed by atoms with Crippen LogP contribution in [0.1, 0.15) is 28.2 Å². The molecule has 0 radical (unpaired) electrons. The predicted molar refractivity (Wildman–Crippen MR) is 71.2 cm³/mol. The van der Waals surface area contributed by atoms with Gasteiger partial charge in [-0.2, -0.15) is 0 Å². The van der Waals surface area contributed by atoms with Crippen LogP contribution in [0.3, 0.4) is 0 Å². The zero-order chi connectivity index (χ0) is 12.3. The first-order chi connectivity index (χ1) is 8.16. The zero-order valence-electron chi connectivity index (χ0n) is 10.5. The first-order valence-corrected chi connectivity index (χ1v) is 7.03. The van der Waals surface area contributed by atoms with Crippen molar-refractivity contribution in [3.63, 3.8) is 0 Å². The van der Waals surface area contributed by atoms with Gasteiger partial charge < -0.3 is 10.6 Å². The van der Waals surface area contributed by atoms with E-state index >= 15 is 0 Å². The van der Waals surface area contributed by atoms with E-state index in [4.69, 9.17) is 0 Å². The molecule has 1 saturated heterocycles. The molecule has 0 saturated carbocycles. The van der Waals surface area contributed by atoms with Crippen molar-refractivity contribution >= 4 is 17.2 Å². The highest BCUT2D eigenvalue weighted by molar-refractivity contribution is 7.12. The van der Waals surface area contributed by atoms with E-state index in [1.807, 2.05) is 0 Å². The van der Waals surface area contributed by atoms with Crippen molar-refractivity contribution in [1.82, 2.24) is 10.6 Å². The molecule has 1 unspecified atom stereocenters. The molecule has 1 aromatic rings. The number of piperidine rings is 1. The molecule has 0 aliphatic carbocycles. The fraction of sp³-hybridized carbons (Fsp3) is 0.615. The summed E-state index contributed by atoms with van der Waals surface area (Å²) in [5.41, 5.74) is 1.32. The van der Waals surface area contributed by atoms with E-state index in [0.29, 0.717) is 6.54 Å². The van der Waals surface area contributed by atoms with Crippen molar-refractivity contribution in [3.8, 4) is 0 Å². The molecule has 1 aliphatic heterocycles. The molecule has 2 N–H and O–H groups in total. The minimum absolute atomic E-state index is 0.158. The fourth-order valence-electron chi connectivity index (χ4n) is 2.13. The van der Waals surface area contributed by atoms with E-state index in [-0.39, 0.29) is 11.8 Å². The third kappa shape index (κ3) is 3.30. The molecule has 2 heterocycles. The molecular weight excluding hydrogens is 232 g/mol. The molecule has 17 heavy (non-hydrogen) atoms. The molecule has 1 fully saturated rings. The predicted octanol–water partition coefficient (Wildman–Crippen LogP) is 1.98. The topological polar surface area (TPSA) is 41.1 Å². The van der Waals surface area contributed by atoms with Gasteiger partial charge in [-0.25, -0.2) is 0 Å². The van der Waals surface area contributed by atoms with Gasteiger partial charge in [0.25, 0.3) is 0 Å². The molecule has 2 rings (SSSR count). The average Bonchev–Trinajstić information content (AvgIpc) is 2.67. The van der Waals surface area contributed by atoms with Gasteiger partial charge in [0.2, 0.25) is 5.91 Å². The van der Waals surface area contributed by atoms with Gasteiger partial charge in [-0.15, -0.1) is 11.3 Å². The molecule has 4 heteroatoms. The van der Waals surface area contributed by atoms with Crippen molar-refractivity contribution in [2.24, 2.45) is 5.92 Å². The molecule has 3 nitrogen and oxygen atoms in total. The molecule has 1 aliphatic rings. The van der Waals surface area contributed by atoms with Crippen LogP contribution in [0.2, 0.25) is 0 Å². The van der Waals surface area contributed by atoms with Crippen molar-refractivity contribution < 1.29 is 4.79 Å². The van der Waals surface area contributed by atoms with Crippen LogP contribution >= 0.6 is 11.3 Å². The summed E-state index contributed by atoms with van der Waals surface area (Å²) in [7, 11) is 0. The second-order valence-corrected chi connectivity index (χ2v) is 6.05. The standard InChI is InChI=1S/C13H20N2OS/c1-9-6-12(17-10(9)2)8-15-13(16)11-4-3-5-14-7-11/h6,11,14H,3-5,7-8H2,1-2H3,(H,15,16). The summed E-state index contributed by atoms with van der Waals surface area (Å²) in [5, 5.41) is 6.31. The molecule has 0 spiro atoms. The van der Waals surface area contributed by atoms with Gasteiger partial charge in [-0.05, 0) is 44.9 Å². The van der Waals surface area contributed by atoms with E-state index in [0.717, 1.165) is 25.9 Å². The Kier molecular flexibility index (Phi) is 4.18. The highest BCUT2D eigenvalue weighted by Gasteiger charge is 2.20. The lowest BCUT2D eigenvalue weighted by molar-refractivity contribution is -0.125. The Morgan fingerprint density at radius 2 is 2.41 bits per heavy atom. The Balaban J connectivity index is 1.83. The monoisotopic (exact) mass is 252 g/mol. The molecule has 1 amide bonds. The Hall–Kier alpha value is -0.870. The SMILES string of the molecule is Cc1cc(CNC(=O)C2CCCNC2)sc1C. The summed E-state index contributed by atoms with van der Waals surface area (Å²) in [5.74, 6) is 0.354. The minimum Gasteiger partial charge on any atom is -0.351 e. The number of nitrogens with one attached hydrogen (secondary N) is 2. The average molecular weight is 252 g/mol. The van der Waals surface area contributed by atoms with Crippen LogP contribution in [0.25, 0.3) is 0 Å². The van der Waals surface area contributed by atoms with Crippen molar-refractivity contribution in [1.29, 1.82) is 0 Å². The van der Waals surface area contributed by atoms with Crippen LogP contribution in [-0.2, 0) is 11.3 Å². The summed E-state index contributed by atoms with van der Waals surface area (Å²) in [4.78, 5) is 14.5. The van der Waals surface area contributed by atoms with Gasteiger partial charge in [-0.1, -0.05) is 0 Å². The van der Waals surface area contributed by atoms with Crippen LogP contribution in [-0.4, -0.2) is 19.0 Å². The van der Waals surface area contributed by atoms with E-state index < -0.39 is 0 Å². The van der Waals surface area contributed by atoms with E-state index in [9.17, 15) is 4.79 Å². The van der Waals surface area contributed by atoms with Crippen molar-refractivity contribution in [2.75, 3.05) is 13.1 Å². The lowest BCUT2D eigenvalue weighted by Crippen LogP contribution is -2.40. The van der Waals surface area contributed by atoms with Gasteiger partial charge in [0.1, 0.15) is 0 Å². The van der Waals surface area contributed by atoms with E-state index in [1.54, 1.807) is 11.3 Å². The van der Waals surface area contributed by atoms with Gasteiger partial charge in [0, 0.05) is 16.3 Å². The Morgan fingerprint density at radius 1 is 1.59 bits per heavy atom. The molecule has 0 bridgehead atoms. The van der Waals surface area contributed by atoms with Crippen LogP contribution in [0.15, 0.2) is 6.07 Å². The number of thiophene rings is 1. The lowest BCUT2D eigenvalue weighted by Gasteiger charge is -2.21. The molecule has 0 aromatic carbocycles. The third-order valence-electron chi connectivity index (χ3n) is 3.32. The quantitative estimate of drug-likeness (QED) is 0.863. The van der Waals surface area contributed by atoms with Gasteiger partial charge in [0.05, 0.1) is 12.5 Å². The second-order valence-electron chi connectivity index (χ2n) is 4.71. The largest absolute Gasteiger partial charge is 0.351 e. The highest BCUT2D eigenvalue weighted by atomic mass is 32.1. The van der Waals surface area contributed by atoms with Gasteiger partial charge in [0.15, 0.2) is 0 Å². The smallest absolute Gasteiger partial charge is 0.224 e. The van der Waals surface area contributed by atoms with Gasteiger partial charge >= 0.3 is 0 Å². The number of hydrogen-bond donors (Lipinski definition) is 2. The maximum atomic E-state index is 11.9. The molecule has 1 atom stereocenters. The summed E-state index contributed by atoms with van der Waals surface area (Å²) in [6, 6.07) is 2.17. The van der Waals surface area contributed by atoms with Crippen LogP contribution in [0, 0.1) is 19.8 Å². The Morgan fingerprint density at radius 3 is 3.00 bits per heavy atom. The Bertz CT molecular complexity index is 375. The first kappa shape index (κ1) is 12.6. The summed E-state index contributed by atoms with van der Waals surface area (Å²) >= 11 is 1.77. The summed E-state index contributed by atoms with van der Waals surface area (Å²) in [6.45, 7) is 6.79. The van der Waals surface area contributed by atoms with Crippen LogP contribution in [0.5, 0.6) is 0 Å². The third-order valence-corrected chi connectivity index (χ3v) is 4.47.